The van der Waals surface area contributed by atoms with Gasteiger partial charge in [0.25, 0.3) is 0 Å². The molecule has 2 rings (SSSR count). The summed E-state index contributed by atoms with van der Waals surface area (Å²) in [6, 6.07) is 5.87. The van der Waals surface area contributed by atoms with Gasteiger partial charge in [-0.1, -0.05) is 113 Å². The molecule has 1 aliphatic heterocycles. The number of likely N-dealkylation sites (tertiary alicyclic amines) is 1. The van der Waals surface area contributed by atoms with E-state index < -0.39 is 60.2 Å². The second-order valence-corrected chi connectivity index (χ2v) is 19.7. The smallest absolute Gasteiger partial charge is 0.326 e. The number of likely N-dealkylation sites (N-methyl/N-ethyl adjacent to an activating group) is 2. The van der Waals surface area contributed by atoms with Gasteiger partial charge >= 0.3 is 5.97 Å². The van der Waals surface area contributed by atoms with Gasteiger partial charge in [-0.25, -0.2) is 4.79 Å². The van der Waals surface area contributed by atoms with Gasteiger partial charge in [0, 0.05) is 34.2 Å². The summed E-state index contributed by atoms with van der Waals surface area (Å²) >= 11 is 0. The average Bonchev–Trinajstić information content (AvgIpc) is 3.67. The third kappa shape index (κ3) is 15.9. The fourth-order valence-corrected chi connectivity index (χ4v) is 9.35. The maximum absolute atomic E-state index is 14.5. The van der Waals surface area contributed by atoms with Crippen LogP contribution in [0.4, 0.5) is 0 Å². The minimum Gasteiger partial charge on any atom is -0.480 e. The van der Waals surface area contributed by atoms with Crippen molar-refractivity contribution < 1.29 is 38.6 Å². The van der Waals surface area contributed by atoms with Crippen LogP contribution in [0.2, 0.25) is 0 Å². The van der Waals surface area contributed by atoms with Gasteiger partial charge in [-0.3, -0.25) is 24.1 Å². The monoisotopic (exact) mass is 858 g/mol. The number of nitrogens with one attached hydrogen (secondary N) is 2. The standard InChI is InChI=1S/C48H83N5O8/c1-16-33(7)42(52(13)46(57)40(30(2)3)50-45(56)41(31(4)5)51(12)26-24-32(6)29-48(9,10)11)38(60-14)28-39(54)53-25-20-23-37(53)43(61-15)34(8)44(55)49-36(47(58)59)27-35-21-18-17-19-22-35/h17-19,21-22,30-34,36-38,40-43H,16,20,23-29H2,1-15H3,(H,49,55)(H,50,56)(H,58,59)/t32?,33-,34+,36?,37-,38+,40-,41-,42-,43+/m0/s1. The van der Waals surface area contributed by atoms with Crippen LogP contribution in [0.3, 0.4) is 0 Å². The van der Waals surface area contributed by atoms with Crippen LogP contribution in [0.15, 0.2) is 30.3 Å². The number of hydrogen-bond donors (Lipinski definition) is 3. The van der Waals surface area contributed by atoms with E-state index in [1.807, 2.05) is 78.9 Å². The van der Waals surface area contributed by atoms with Gasteiger partial charge in [0.2, 0.25) is 23.6 Å². The second kappa shape index (κ2) is 24.9. The van der Waals surface area contributed by atoms with Crippen molar-refractivity contribution in [1.82, 2.24) is 25.3 Å². The SMILES string of the molecule is CC[C@H](C)[C@@H]([C@@H](CC(=O)N1CCC[C@H]1[C@H](OC)[C@@H](C)C(=O)NC(Cc1ccccc1)C(=O)O)OC)N(C)C(=O)[C@@H](NC(=O)[C@H](C(C)C)N(C)CCC(C)CC(C)(C)C)C(C)C. The number of benzene rings is 1. The van der Waals surface area contributed by atoms with Crippen molar-refractivity contribution in [3.8, 4) is 0 Å². The molecule has 1 aromatic carbocycles. The van der Waals surface area contributed by atoms with Gasteiger partial charge in [0.15, 0.2) is 0 Å². The fraction of sp³-hybridized carbons (Fsp3) is 0.771. The van der Waals surface area contributed by atoms with Crippen molar-refractivity contribution >= 4 is 29.6 Å². The van der Waals surface area contributed by atoms with Crippen LogP contribution in [0.5, 0.6) is 0 Å². The molecule has 1 fully saturated rings. The summed E-state index contributed by atoms with van der Waals surface area (Å²) in [6.07, 6.45) is 2.86. The number of nitrogens with zero attached hydrogens (tertiary/aromatic N) is 3. The lowest BCUT2D eigenvalue weighted by atomic mass is 9.84. The first-order chi connectivity index (χ1) is 28.5. The number of methoxy groups -OCH3 is 2. The van der Waals surface area contributed by atoms with E-state index in [2.05, 4.69) is 43.2 Å². The molecule has 1 heterocycles. The van der Waals surface area contributed by atoms with E-state index >= 15 is 0 Å². The molecule has 61 heavy (non-hydrogen) atoms. The highest BCUT2D eigenvalue weighted by atomic mass is 16.5. The molecule has 10 atom stereocenters. The molecule has 0 saturated carbocycles. The van der Waals surface area contributed by atoms with Gasteiger partial charge in [-0.15, -0.1) is 0 Å². The van der Waals surface area contributed by atoms with Crippen molar-refractivity contribution in [2.45, 2.75) is 164 Å². The molecule has 0 spiro atoms. The van der Waals surface area contributed by atoms with Gasteiger partial charge in [-0.2, -0.15) is 0 Å². The predicted molar refractivity (Wildman–Crippen MR) is 242 cm³/mol. The molecule has 13 nitrogen and oxygen atoms in total. The molecule has 1 aliphatic rings. The summed E-state index contributed by atoms with van der Waals surface area (Å²) in [4.78, 5) is 74.2. The Kier molecular flexibility index (Phi) is 21.9. The topological polar surface area (TPSA) is 158 Å². The third-order valence-corrected chi connectivity index (χ3v) is 12.7. The van der Waals surface area contributed by atoms with Crippen LogP contribution < -0.4 is 10.6 Å². The molecule has 2 unspecified atom stereocenters. The summed E-state index contributed by atoms with van der Waals surface area (Å²) in [5.74, 6) is -2.69. The Morgan fingerprint density at radius 3 is 2.03 bits per heavy atom. The molecule has 1 aromatic rings. The fourth-order valence-electron chi connectivity index (χ4n) is 9.35. The molecule has 348 valence electrons. The quantitative estimate of drug-likeness (QED) is 0.103. The highest BCUT2D eigenvalue weighted by Gasteiger charge is 2.43. The predicted octanol–water partition coefficient (Wildman–Crippen LogP) is 6.28. The third-order valence-electron chi connectivity index (χ3n) is 12.7. The number of carboxylic acid groups (broad SMARTS) is 1. The Hall–Kier alpha value is -3.55. The Bertz CT molecular complexity index is 1530. The number of carbonyl (C=O) groups excluding carboxylic acids is 4. The molecule has 0 aliphatic carbocycles. The molecule has 0 bridgehead atoms. The van der Waals surface area contributed by atoms with E-state index in [1.54, 1.807) is 30.9 Å². The van der Waals surface area contributed by atoms with Crippen molar-refractivity contribution in [1.29, 1.82) is 0 Å². The Morgan fingerprint density at radius 1 is 0.902 bits per heavy atom. The zero-order valence-electron chi connectivity index (χ0n) is 40.3. The first kappa shape index (κ1) is 53.6. The zero-order chi connectivity index (χ0) is 46.4. The van der Waals surface area contributed by atoms with Gasteiger partial charge in [0.1, 0.15) is 12.1 Å². The summed E-state index contributed by atoms with van der Waals surface area (Å²) in [6.45, 7) is 23.9. The number of aliphatic carboxylic acids is 1. The van der Waals surface area contributed by atoms with Crippen LogP contribution in [-0.4, -0.2) is 133 Å². The van der Waals surface area contributed by atoms with Gasteiger partial charge in [0.05, 0.1) is 42.7 Å². The number of carboxylic acids is 1. The Balaban J connectivity index is 2.26. The Labute approximate surface area is 368 Å². The minimum absolute atomic E-state index is 0.0125. The van der Waals surface area contributed by atoms with Crippen LogP contribution >= 0.6 is 0 Å². The van der Waals surface area contributed by atoms with Gasteiger partial charge < -0.3 is 35.0 Å². The van der Waals surface area contributed by atoms with E-state index in [4.69, 9.17) is 9.47 Å². The first-order valence-corrected chi connectivity index (χ1v) is 22.7. The lowest BCUT2D eigenvalue weighted by Crippen LogP contribution is -2.60. The van der Waals surface area contributed by atoms with Crippen molar-refractivity contribution in [3.63, 3.8) is 0 Å². The lowest BCUT2D eigenvalue weighted by Gasteiger charge is -2.41. The van der Waals surface area contributed by atoms with Crippen molar-refractivity contribution in [3.05, 3.63) is 35.9 Å². The van der Waals surface area contributed by atoms with Gasteiger partial charge in [-0.05, 0) is 73.9 Å². The summed E-state index contributed by atoms with van der Waals surface area (Å²) in [5.41, 5.74) is 1.02. The molecule has 3 N–H and O–H groups in total. The normalized spacial score (nSPS) is 19.1. The van der Waals surface area contributed by atoms with Crippen molar-refractivity contribution in [2.24, 2.45) is 35.0 Å². The molecular weight excluding hydrogens is 775 g/mol. The summed E-state index contributed by atoms with van der Waals surface area (Å²) < 4.78 is 12.0. The molecule has 1 saturated heterocycles. The number of carbonyl (C=O) groups is 5. The van der Waals surface area contributed by atoms with E-state index in [1.165, 1.54) is 7.11 Å². The zero-order valence-corrected chi connectivity index (χ0v) is 40.3. The summed E-state index contributed by atoms with van der Waals surface area (Å²) in [5, 5.41) is 15.8. The number of ether oxygens (including phenoxy) is 2. The second-order valence-electron chi connectivity index (χ2n) is 19.7. The van der Waals surface area contributed by atoms with E-state index in [0.29, 0.717) is 25.3 Å². The van der Waals surface area contributed by atoms with Crippen LogP contribution in [0, 0.1) is 35.0 Å². The van der Waals surface area contributed by atoms with E-state index in [-0.39, 0.29) is 53.7 Å². The first-order valence-electron chi connectivity index (χ1n) is 22.7. The van der Waals surface area contributed by atoms with E-state index in [0.717, 1.165) is 31.4 Å². The number of hydrogen-bond acceptors (Lipinski definition) is 8. The maximum Gasteiger partial charge on any atom is 0.326 e. The summed E-state index contributed by atoms with van der Waals surface area (Å²) in [7, 11) is 6.79. The highest BCUT2D eigenvalue weighted by molar-refractivity contribution is 5.90. The Morgan fingerprint density at radius 2 is 1.52 bits per heavy atom. The van der Waals surface area contributed by atoms with E-state index in [9.17, 15) is 29.1 Å². The average molecular weight is 858 g/mol. The number of rotatable bonds is 25. The number of amides is 4. The molecule has 0 aromatic heterocycles. The van der Waals surface area contributed by atoms with Crippen LogP contribution in [0.25, 0.3) is 0 Å². The largest absolute Gasteiger partial charge is 0.480 e. The highest BCUT2D eigenvalue weighted by Crippen LogP contribution is 2.30. The van der Waals surface area contributed by atoms with Crippen molar-refractivity contribution in [2.75, 3.05) is 41.4 Å². The molecule has 4 amide bonds. The molecule has 0 radical (unpaired) electrons. The lowest BCUT2D eigenvalue weighted by molar-refractivity contribution is -0.148. The van der Waals surface area contributed by atoms with Crippen LogP contribution in [0.1, 0.15) is 120 Å². The minimum atomic E-state index is -1.14. The maximum atomic E-state index is 14.5. The van der Waals surface area contributed by atoms with Crippen LogP contribution in [-0.2, 0) is 39.9 Å². The molecule has 13 heteroatoms. The molecular formula is C48H83N5O8.